The maximum absolute atomic E-state index is 15.0. The van der Waals surface area contributed by atoms with Gasteiger partial charge in [0.15, 0.2) is 5.82 Å². The van der Waals surface area contributed by atoms with Crippen molar-refractivity contribution in [2.45, 2.75) is 33.1 Å². The van der Waals surface area contributed by atoms with Gasteiger partial charge >= 0.3 is 0 Å². The molecule has 4 aromatic rings. The number of amides is 1. The van der Waals surface area contributed by atoms with Gasteiger partial charge in [-0.1, -0.05) is 13.8 Å². The number of benzene rings is 1. The van der Waals surface area contributed by atoms with E-state index < -0.39 is 23.5 Å². The minimum atomic E-state index is -0.934. The van der Waals surface area contributed by atoms with Gasteiger partial charge in [0.25, 0.3) is 5.91 Å². The van der Waals surface area contributed by atoms with E-state index >= 15 is 0 Å². The lowest BCUT2D eigenvalue weighted by Gasteiger charge is -2.20. The van der Waals surface area contributed by atoms with Gasteiger partial charge in [0, 0.05) is 36.3 Å². The largest absolute Gasteiger partial charge is 0.356 e. The molecule has 4 heterocycles. The number of hydrogen-bond donors (Lipinski definition) is 3. The highest BCUT2D eigenvalue weighted by Gasteiger charge is 2.22. The van der Waals surface area contributed by atoms with Crippen LogP contribution < -0.4 is 10.6 Å². The minimum Gasteiger partial charge on any atom is -0.356 e. The maximum atomic E-state index is 15.0. The highest BCUT2D eigenvalue weighted by molar-refractivity contribution is 5.94. The molecule has 1 aliphatic rings. The van der Waals surface area contributed by atoms with Crippen molar-refractivity contribution in [1.29, 1.82) is 0 Å². The van der Waals surface area contributed by atoms with Crippen LogP contribution in [0.2, 0.25) is 0 Å². The lowest BCUT2D eigenvalue weighted by molar-refractivity contribution is 0.0760. The molecule has 1 aliphatic heterocycles. The number of carbonyl (C=O) groups is 1. The number of pyridine rings is 1. The third kappa shape index (κ3) is 4.93. The predicted molar refractivity (Wildman–Crippen MR) is 139 cm³/mol. The second-order valence-electron chi connectivity index (χ2n) is 9.64. The summed E-state index contributed by atoms with van der Waals surface area (Å²) in [5.41, 5.74) is 2.14. The van der Waals surface area contributed by atoms with Crippen molar-refractivity contribution in [3.63, 3.8) is 0 Å². The molecule has 198 valence electrons. The summed E-state index contributed by atoms with van der Waals surface area (Å²) in [6, 6.07) is 5.69. The van der Waals surface area contributed by atoms with Crippen LogP contribution in [-0.4, -0.2) is 56.9 Å². The molecule has 0 radical (unpaired) electrons. The molecule has 1 amide bonds. The molecule has 3 N–H and O–H groups in total. The summed E-state index contributed by atoms with van der Waals surface area (Å²) in [6.45, 7) is 8.34. The Labute approximate surface area is 217 Å². The van der Waals surface area contributed by atoms with Gasteiger partial charge in [0.05, 0.1) is 17.3 Å². The van der Waals surface area contributed by atoms with Gasteiger partial charge in [0.2, 0.25) is 11.9 Å². The number of H-pyrrole nitrogens is 1. The molecule has 1 saturated heterocycles. The van der Waals surface area contributed by atoms with Crippen LogP contribution in [0.5, 0.6) is 0 Å². The average Bonchev–Trinajstić information content (AvgIpc) is 3.03. The van der Waals surface area contributed by atoms with Gasteiger partial charge in [-0.05, 0) is 55.6 Å². The molecule has 0 atom stereocenters. The van der Waals surface area contributed by atoms with Crippen LogP contribution in [0.25, 0.3) is 22.2 Å². The van der Waals surface area contributed by atoms with Gasteiger partial charge in [-0.3, -0.25) is 4.79 Å². The number of halogens is 3. The van der Waals surface area contributed by atoms with E-state index in [4.69, 9.17) is 0 Å². The van der Waals surface area contributed by atoms with Crippen LogP contribution in [0.4, 0.5) is 24.9 Å². The topological polar surface area (TPSA) is 98.8 Å². The monoisotopic (exact) mass is 523 g/mol. The highest BCUT2D eigenvalue weighted by Crippen LogP contribution is 2.34. The van der Waals surface area contributed by atoms with Crippen molar-refractivity contribution in [2.24, 2.45) is 0 Å². The Morgan fingerprint density at radius 3 is 2.66 bits per heavy atom. The van der Waals surface area contributed by atoms with E-state index in [1.807, 2.05) is 20.8 Å². The number of aromatic nitrogens is 4. The first-order chi connectivity index (χ1) is 18.2. The molecular formula is C27H28F3N7O. The first kappa shape index (κ1) is 25.7. The lowest BCUT2D eigenvalue weighted by Crippen LogP contribution is -2.34. The van der Waals surface area contributed by atoms with E-state index in [0.717, 1.165) is 30.4 Å². The molecule has 8 nitrogen and oxygen atoms in total. The zero-order valence-corrected chi connectivity index (χ0v) is 21.3. The van der Waals surface area contributed by atoms with Gasteiger partial charge in [-0.25, -0.2) is 23.7 Å². The van der Waals surface area contributed by atoms with E-state index in [2.05, 4.69) is 30.6 Å². The second-order valence-corrected chi connectivity index (χ2v) is 9.64. The molecule has 5 rings (SSSR count). The number of hydrogen-bond acceptors (Lipinski definition) is 6. The molecule has 1 aromatic carbocycles. The Morgan fingerprint density at radius 1 is 1.08 bits per heavy atom. The van der Waals surface area contributed by atoms with Gasteiger partial charge in [-0.2, -0.15) is 4.39 Å². The molecule has 0 spiro atoms. The Bertz CT molecular complexity index is 1510. The Morgan fingerprint density at radius 2 is 1.89 bits per heavy atom. The zero-order valence-electron chi connectivity index (χ0n) is 21.3. The molecule has 11 heteroatoms. The SMILES string of the molecule is Cc1[nH]c2c(F)cc(-c3nc(Nc4ccc(C(=O)N5CCCNCC5)c(F)n4)ncc3F)cc2c1C(C)C. The summed E-state index contributed by atoms with van der Waals surface area (Å²) in [5, 5.41) is 6.60. The standard InChI is InChI=1S/C27H28F3N7O/c1-14(2)22-15(3)33-24-18(22)11-16(12-19(24)28)23-20(29)13-32-27(36-23)35-21-6-5-17(25(30)34-21)26(38)37-9-4-7-31-8-10-37/h5-6,11-14,31,33H,4,7-10H2,1-3H3,(H,32,34,35,36). The van der Waals surface area contributed by atoms with Crippen LogP contribution in [0.15, 0.2) is 30.5 Å². The smallest absolute Gasteiger partial charge is 0.258 e. The maximum Gasteiger partial charge on any atom is 0.258 e. The zero-order chi connectivity index (χ0) is 27.0. The Hall–Kier alpha value is -3.99. The molecule has 0 aliphatic carbocycles. The van der Waals surface area contributed by atoms with Crippen LogP contribution >= 0.6 is 0 Å². The summed E-state index contributed by atoms with van der Waals surface area (Å²) in [4.78, 5) is 29.4. The number of fused-ring (bicyclic) bond motifs is 1. The summed E-state index contributed by atoms with van der Waals surface area (Å²) in [6.07, 6.45) is 1.74. The third-order valence-corrected chi connectivity index (χ3v) is 6.64. The Kier molecular flexibility index (Phi) is 7.02. The molecule has 1 fully saturated rings. The van der Waals surface area contributed by atoms with E-state index in [-0.39, 0.29) is 34.5 Å². The average molecular weight is 524 g/mol. The lowest BCUT2D eigenvalue weighted by atomic mass is 9.98. The van der Waals surface area contributed by atoms with Gasteiger partial charge in [0.1, 0.15) is 17.3 Å². The number of rotatable bonds is 5. The molecular weight excluding hydrogens is 495 g/mol. The number of aromatic amines is 1. The van der Waals surface area contributed by atoms with Crippen molar-refractivity contribution in [3.05, 3.63) is 64.9 Å². The van der Waals surface area contributed by atoms with E-state index in [1.54, 1.807) is 11.0 Å². The third-order valence-electron chi connectivity index (χ3n) is 6.64. The number of anilines is 2. The van der Waals surface area contributed by atoms with Gasteiger partial charge in [-0.15, -0.1) is 0 Å². The minimum absolute atomic E-state index is 0.0409. The first-order valence-electron chi connectivity index (χ1n) is 12.5. The van der Waals surface area contributed by atoms with Crippen LogP contribution in [0.3, 0.4) is 0 Å². The molecule has 0 unspecified atom stereocenters. The van der Waals surface area contributed by atoms with E-state index in [0.29, 0.717) is 30.5 Å². The summed E-state index contributed by atoms with van der Waals surface area (Å²) >= 11 is 0. The number of aryl methyl sites for hydroxylation is 1. The molecule has 3 aromatic heterocycles. The summed E-state index contributed by atoms with van der Waals surface area (Å²) in [7, 11) is 0. The highest BCUT2D eigenvalue weighted by atomic mass is 19.1. The summed E-state index contributed by atoms with van der Waals surface area (Å²) < 4.78 is 44.6. The first-order valence-corrected chi connectivity index (χ1v) is 12.5. The van der Waals surface area contributed by atoms with Crippen molar-refractivity contribution in [1.82, 2.24) is 30.2 Å². The van der Waals surface area contributed by atoms with Crippen molar-refractivity contribution in [2.75, 3.05) is 31.5 Å². The van der Waals surface area contributed by atoms with Crippen molar-refractivity contribution >= 4 is 28.6 Å². The van der Waals surface area contributed by atoms with Crippen LogP contribution in [0.1, 0.15) is 47.8 Å². The van der Waals surface area contributed by atoms with Gasteiger partial charge < -0.3 is 20.5 Å². The normalized spacial score (nSPS) is 14.2. The Balaban J connectivity index is 1.43. The van der Waals surface area contributed by atoms with E-state index in [9.17, 15) is 18.0 Å². The number of nitrogens with one attached hydrogen (secondary N) is 3. The number of nitrogens with zero attached hydrogens (tertiary/aromatic N) is 4. The van der Waals surface area contributed by atoms with Crippen molar-refractivity contribution in [3.8, 4) is 11.3 Å². The fourth-order valence-corrected chi connectivity index (χ4v) is 4.91. The molecule has 0 bridgehead atoms. The fraction of sp³-hybridized carbons (Fsp3) is 0.333. The predicted octanol–water partition coefficient (Wildman–Crippen LogP) is 5.05. The summed E-state index contributed by atoms with van der Waals surface area (Å²) in [5.74, 6) is -2.51. The molecule has 38 heavy (non-hydrogen) atoms. The van der Waals surface area contributed by atoms with Crippen LogP contribution in [0, 0.1) is 24.5 Å². The van der Waals surface area contributed by atoms with Crippen LogP contribution in [-0.2, 0) is 0 Å². The molecule has 0 saturated carbocycles. The van der Waals surface area contributed by atoms with Crippen molar-refractivity contribution < 1.29 is 18.0 Å². The quantitative estimate of drug-likeness (QED) is 0.317. The second kappa shape index (κ2) is 10.4. The fourth-order valence-electron chi connectivity index (χ4n) is 4.91. The van der Waals surface area contributed by atoms with E-state index in [1.165, 1.54) is 18.2 Å². The number of carbonyl (C=O) groups excluding carboxylic acids is 1.